The Morgan fingerprint density at radius 3 is 2.55 bits per heavy atom. The van der Waals surface area contributed by atoms with Crippen molar-refractivity contribution in [2.45, 2.75) is 25.3 Å². The maximum absolute atomic E-state index is 12.5. The molecule has 146 valence electrons. The Bertz CT molecular complexity index is 1140. The van der Waals surface area contributed by atoms with Crippen LogP contribution in [0.2, 0.25) is 0 Å². The molecule has 0 radical (unpaired) electrons. The van der Waals surface area contributed by atoms with E-state index in [1.165, 1.54) is 22.2 Å². The number of nitrogens with one attached hydrogen (secondary N) is 1. The lowest BCUT2D eigenvalue weighted by molar-refractivity contribution is -0.113. The molecule has 2 heterocycles. The molecule has 4 rings (SSSR count). The third-order valence-corrected chi connectivity index (χ3v) is 6.68. The minimum absolute atomic E-state index is 0.0424. The molecule has 0 unspecified atom stereocenters. The molecule has 1 N–H and O–H groups in total. The average Bonchev–Trinajstić information content (AvgIpc) is 3.09. The highest BCUT2D eigenvalue weighted by Crippen LogP contribution is 2.41. The van der Waals surface area contributed by atoms with Crippen molar-refractivity contribution in [1.82, 2.24) is 9.97 Å². The van der Waals surface area contributed by atoms with Crippen LogP contribution >= 0.6 is 23.1 Å². The van der Waals surface area contributed by atoms with E-state index in [1.54, 1.807) is 17.7 Å². The van der Waals surface area contributed by atoms with E-state index in [2.05, 4.69) is 41.3 Å². The van der Waals surface area contributed by atoms with Gasteiger partial charge in [0.25, 0.3) is 0 Å². The summed E-state index contributed by atoms with van der Waals surface area (Å²) in [4.78, 5) is 23.6. The first kappa shape index (κ1) is 19.6. The summed E-state index contributed by atoms with van der Waals surface area (Å²) in [6.45, 7) is 4.22. The molecule has 0 aliphatic heterocycles. The Morgan fingerprint density at radius 2 is 1.83 bits per heavy atom. The molecular formula is C23H21N3OS2. The summed E-state index contributed by atoms with van der Waals surface area (Å²) < 4.78 is 0. The zero-order valence-electron chi connectivity index (χ0n) is 16.3. The van der Waals surface area contributed by atoms with Crippen LogP contribution in [0.25, 0.3) is 21.3 Å². The highest BCUT2D eigenvalue weighted by Gasteiger charge is 2.17. The van der Waals surface area contributed by atoms with Crippen molar-refractivity contribution < 1.29 is 4.79 Å². The fourth-order valence-electron chi connectivity index (χ4n) is 3.23. The molecule has 2 aromatic heterocycles. The largest absolute Gasteiger partial charge is 0.325 e. The lowest BCUT2D eigenvalue weighted by Crippen LogP contribution is -2.14. The van der Waals surface area contributed by atoms with Gasteiger partial charge in [0.15, 0.2) is 0 Å². The predicted octanol–water partition coefficient (Wildman–Crippen LogP) is 5.96. The topological polar surface area (TPSA) is 54.9 Å². The van der Waals surface area contributed by atoms with Crippen molar-refractivity contribution in [2.24, 2.45) is 0 Å². The second kappa shape index (κ2) is 8.76. The third-order valence-electron chi connectivity index (χ3n) is 4.68. The normalized spacial score (nSPS) is 11.0. The number of carbonyl (C=O) groups excluding carboxylic acids is 1. The van der Waals surface area contributed by atoms with E-state index < -0.39 is 0 Å². The Kier molecular flexibility index (Phi) is 5.92. The van der Waals surface area contributed by atoms with Crippen LogP contribution in [0.4, 0.5) is 5.69 Å². The van der Waals surface area contributed by atoms with Gasteiger partial charge in [0.1, 0.15) is 16.2 Å². The summed E-state index contributed by atoms with van der Waals surface area (Å²) in [6, 6.07) is 18.2. The summed E-state index contributed by atoms with van der Waals surface area (Å²) in [5.41, 5.74) is 4.37. The smallest absolute Gasteiger partial charge is 0.234 e. The predicted molar refractivity (Wildman–Crippen MR) is 123 cm³/mol. The number of hydrogen-bond donors (Lipinski definition) is 1. The third kappa shape index (κ3) is 4.33. The fraction of sp³-hybridized carbons (Fsp3) is 0.174. The van der Waals surface area contributed by atoms with Crippen LogP contribution in [0.1, 0.15) is 17.4 Å². The number of amides is 1. The molecule has 4 aromatic rings. The zero-order chi connectivity index (χ0) is 20.2. The molecule has 0 saturated carbocycles. The van der Waals surface area contributed by atoms with Crippen LogP contribution < -0.4 is 5.32 Å². The number of thiophene rings is 1. The minimum atomic E-state index is -0.0424. The molecule has 29 heavy (non-hydrogen) atoms. The van der Waals surface area contributed by atoms with Gasteiger partial charge >= 0.3 is 0 Å². The van der Waals surface area contributed by atoms with E-state index >= 15 is 0 Å². The lowest BCUT2D eigenvalue weighted by Gasteiger charge is -2.08. The van der Waals surface area contributed by atoms with E-state index in [-0.39, 0.29) is 5.91 Å². The quantitative estimate of drug-likeness (QED) is 0.309. The van der Waals surface area contributed by atoms with Crippen molar-refractivity contribution in [3.63, 3.8) is 0 Å². The number of aromatic nitrogens is 2. The van der Waals surface area contributed by atoms with Crippen LogP contribution in [0.5, 0.6) is 0 Å². The monoisotopic (exact) mass is 419 g/mol. The van der Waals surface area contributed by atoms with Gasteiger partial charge in [-0.2, -0.15) is 0 Å². The number of carbonyl (C=O) groups is 1. The van der Waals surface area contributed by atoms with Gasteiger partial charge in [0.05, 0.1) is 11.1 Å². The molecule has 2 aromatic carbocycles. The molecule has 0 spiro atoms. The van der Waals surface area contributed by atoms with E-state index in [9.17, 15) is 4.79 Å². The number of hydrogen-bond acceptors (Lipinski definition) is 5. The second-order valence-electron chi connectivity index (χ2n) is 6.65. The molecule has 1 amide bonds. The first-order valence-corrected chi connectivity index (χ1v) is 11.3. The maximum atomic E-state index is 12.5. The number of benzene rings is 2. The number of rotatable bonds is 6. The molecule has 0 aliphatic carbocycles. The lowest BCUT2D eigenvalue weighted by atomic mass is 10.0. The van der Waals surface area contributed by atoms with E-state index in [0.717, 1.165) is 38.5 Å². The average molecular weight is 420 g/mol. The Morgan fingerprint density at radius 1 is 1.07 bits per heavy atom. The van der Waals surface area contributed by atoms with Gasteiger partial charge in [-0.3, -0.25) is 4.79 Å². The van der Waals surface area contributed by atoms with Crippen molar-refractivity contribution in [2.75, 3.05) is 11.1 Å². The van der Waals surface area contributed by atoms with Crippen LogP contribution in [0.15, 0.2) is 66.0 Å². The molecule has 6 heteroatoms. The van der Waals surface area contributed by atoms with Gasteiger partial charge in [-0.1, -0.05) is 61.2 Å². The van der Waals surface area contributed by atoms with Gasteiger partial charge < -0.3 is 5.32 Å². The van der Waals surface area contributed by atoms with Crippen molar-refractivity contribution in [3.05, 3.63) is 71.4 Å². The highest BCUT2D eigenvalue weighted by atomic mass is 32.2. The van der Waals surface area contributed by atoms with E-state index in [1.807, 2.05) is 42.5 Å². The number of fused-ring (bicyclic) bond motifs is 1. The van der Waals surface area contributed by atoms with Gasteiger partial charge in [-0.15, -0.1) is 11.3 Å². The Labute approximate surface area is 178 Å². The molecule has 0 aliphatic rings. The van der Waals surface area contributed by atoms with E-state index in [4.69, 9.17) is 0 Å². The van der Waals surface area contributed by atoms with Gasteiger partial charge in [-0.05, 0) is 36.6 Å². The number of anilines is 1. The Hall–Kier alpha value is -2.70. The number of thioether (sulfide) groups is 1. The van der Waals surface area contributed by atoms with E-state index in [0.29, 0.717) is 5.75 Å². The fourth-order valence-corrected chi connectivity index (χ4v) is 5.12. The molecule has 0 fully saturated rings. The van der Waals surface area contributed by atoms with Crippen LogP contribution in [-0.2, 0) is 11.2 Å². The molecule has 0 saturated heterocycles. The summed E-state index contributed by atoms with van der Waals surface area (Å²) in [5, 5.41) is 4.84. The molecule has 0 bridgehead atoms. The maximum Gasteiger partial charge on any atom is 0.234 e. The molecule has 4 nitrogen and oxygen atoms in total. The van der Waals surface area contributed by atoms with Crippen LogP contribution in [-0.4, -0.2) is 21.6 Å². The van der Waals surface area contributed by atoms with Crippen molar-refractivity contribution in [3.8, 4) is 11.1 Å². The first-order chi connectivity index (χ1) is 14.2. The Balaban J connectivity index is 1.55. The van der Waals surface area contributed by atoms with Crippen LogP contribution in [0, 0.1) is 6.92 Å². The minimum Gasteiger partial charge on any atom is -0.325 e. The molecule has 0 atom stereocenters. The summed E-state index contributed by atoms with van der Waals surface area (Å²) in [7, 11) is 0. The van der Waals surface area contributed by atoms with Crippen molar-refractivity contribution >= 4 is 44.9 Å². The standard InChI is InChI=1S/C23H21N3OS2/c1-3-16-9-11-18(12-10-16)26-19(27)13-28-22-21-20(17-7-5-4-6-8-17)15(2)29-23(21)25-14-24-22/h4-12,14H,3,13H2,1-2H3,(H,26,27). The molecular weight excluding hydrogens is 398 g/mol. The van der Waals surface area contributed by atoms with Crippen LogP contribution in [0.3, 0.4) is 0 Å². The first-order valence-electron chi connectivity index (χ1n) is 9.47. The SMILES string of the molecule is CCc1ccc(NC(=O)CSc2ncnc3sc(C)c(-c4ccccc4)c23)cc1. The second-order valence-corrected chi connectivity index (χ2v) is 8.81. The summed E-state index contributed by atoms with van der Waals surface area (Å²) >= 11 is 3.11. The zero-order valence-corrected chi connectivity index (χ0v) is 17.9. The number of nitrogens with zero attached hydrogens (tertiary/aromatic N) is 2. The van der Waals surface area contributed by atoms with Gasteiger partial charge in [0, 0.05) is 16.1 Å². The highest BCUT2D eigenvalue weighted by molar-refractivity contribution is 8.00. The van der Waals surface area contributed by atoms with Gasteiger partial charge in [-0.25, -0.2) is 9.97 Å². The van der Waals surface area contributed by atoms with Gasteiger partial charge in [0.2, 0.25) is 5.91 Å². The number of aryl methyl sites for hydroxylation is 2. The summed E-state index contributed by atoms with van der Waals surface area (Å²) in [6.07, 6.45) is 2.56. The van der Waals surface area contributed by atoms with Crippen molar-refractivity contribution in [1.29, 1.82) is 0 Å². The summed E-state index contributed by atoms with van der Waals surface area (Å²) in [5.74, 6) is 0.254.